The van der Waals surface area contributed by atoms with E-state index in [4.69, 9.17) is 5.11 Å². The predicted molar refractivity (Wildman–Crippen MR) is 59.9 cm³/mol. The molecular weight excluding hydrogens is 208 g/mol. The first-order valence-corrected chi connectivity index (χ1v) is 4.95. The van der Waals surface area contributed by atoms with Crippen molar-refractivity contribution in [2.45, 2.75) is 13.8 Å². The summed E-state index contributed by atoms with van der Waals surface area (Å²) in [5.74, 6) is 0.391. The zero-order chi connectivity index (χ0) is 12.0. The van der Waals surface area contributed by atoms with E-state index < -0.39 is 0 Å². The standard InChI is InChI=1S/C10H16N4O2/c1-10(2,7-15)6-13-9(16)14-8-5-11-3-4-12-8/h3-5,15H,6-7H2,1-2H3,(H2,12,13,14,16). The van der Waals surface area contributed by atoms with Gasteiger partial charge in [-0.25, -0.2) is 9.78 Å². The number of anilines is 1. The van der Waals surface area contributed by atoms with Crippen molar-refractivity contribution in [3.63, 3.8) is 0 Å². The molecule has 0 aliphatic heterocycles. The molecule has 0 saturated carbocycles. The van der Waals surface area contributed by atoms with Crippen molar-refractivity contribution < 1.29 is 9.90 Å². The van der Waals surface area contributed by atoms with E-state index in [9.17, 15) is 4.79 Å². The zero-order valence-electron chi connectivity index (χ0n) is 9.40. The summed E-state index contributed by atoms with van der Waals surface area (Å²) in [6.45, 7) is 4.11. The molecule has 2 amide bonds. The number of aromatic nitrogens is 2. The van der Waals surface area contributed by atoms with Crippen LogP contribution in [-0.2, 0) is 0 Å². The average Bonchev–Trinajstić information content (AvgIpc) is 2.28. The van der Waals surface area contributed by atoms with Gasteiger partial charge in [0.25, 0.3) is 0 Å². The summed E-state index contributed by atoms with van der Waals surface area (Å²) in [4.78, 5) is 19.1. The van der Waals surface area contributed by atoms with Gasteiger partial charge in [-0.15, -0.1) is 0 Å². The maximum absolute atomic E-state index is 11.4. The Labute approximate surface area is 94.1 Å². The normalized spacial score (nSPS) is 10.9. The predicted octanol–water partition coefficient (Wildman–Crippen LogP) is 0.617. The zero-order valence-corrected chi connectivity index (χ0v) is 9.40. The molecule has 88 valence electrons. The van der Waals surface area contributed by atoms with Crippen LogP contribution in [0.2, 0.25) is 0 Å². The Balaban J connectivity index is 2.38. The molecule has 0 fully saturated rings. The van der Waals surface area contributed by atoms with Crippen molar-refractivity contribution >= 4 is 11.8 Å². The number of aliphatic hydroxyl groups is 1. The topological polar surface area (TPSA) is 87.1 Å². The molecule has 6 heteroatoms. The molecule has 16 heavy (non-hydrogen) atoms. The molecule has 6 nitrogen and oxygen atoms in total. The molecule has 3 N–H and O–H groups in total. The van der Waals surface area contributed by atoms with Crippen LogP contribution in [0.25, 0.3) is 0 Å². The molecule has 1 rings (SSSR count). The number of hydrogen-bond acceptors (Lipinski definition) is 4. The lowest BCUT2D eigenvalue weighted by Gasteiger charge is -2.21. The van der Waals surface area contributed by atoms with E-state index in [2.05, 4.69) is 20.6 Å². The highest BCUT2D eigenvalue weighted by Gasteiger charge is 2.17. The Morgan fingerprint density at radius 2 is 2.25 bits per heavy atom. The molecule has 0 radical (unpaired) electrons. The molecule has 0 bridgehead atoms. The van der Waals surface area contributed by atoms with Gasteiger partial charge in [-0.1, -0.05) is 13.8 Å². The lowest BCUT2D eigenvalue weighted by atomic mass is 9.95. The average molecular weight is 224 g/mol. The van der Waals surface area contributed by atoms with Crippen LogP contribution in [0.4, 0.5) is 10.6 Å². The van der Waals surface area contributed by atoms with Crippen LogP contribution in [0.3, 0.4) is 0 Å². The number of nitrogens with zero attached hydrogens (tertiary/aromatic N) is 2. The first-order chi connectivity index (χ1) is 7.53. The summed E-state index contributed by atoms with van der Waals surface area (Å²) in [6, 6.07) is -0.359. The Morgan fingerprint density at radius 3 is 2.81 bits per heavy atom. The first kappa shape index (κ1) is 12.4. The molecular formula is C10H16N4O2. The molecule has 1 aromatic rings. The second kappa shape index (κ2) is 5.41. The number of urea groups is 1. The number of carbonyl (C=O) groups excluding carboxylic acids is 1. The van der Waals surface area contributed by atoms with Gasteiger partial charge in [0.15, 0.2) is 5.82 Å². The Bertz CT molecular complexity index is 340. The van der Waals surface area contributed by atoms with Gasteiger partial charge in [0, 0.05) is 31.0 Å². The first-order valence-electron chi connectivity index (χ1n) is 4.95. The van der Waals surface area contributed by atoms with Crippen molar-refractivity contribution in [3.8, 4) is 0 Å². The highest BCUT2D eigenvalue weighted by atomic mass is 16.3. The number of carbonyl (C=O) groups is 1. The number of nitrogens with one attached hydrogen (secondary N) is 2. The number of rotatable bonds is 4. The fraction of sp³-hybridized carbons (Fsp3) is 0.500. The molecule has 0 unspecified atom stereocenters. The highest BCUT2D eigenvalue weighted by Crippen LogP contribution is 2.11. The van der Waals surface area contributed by atoms with Gasteiger partial charge in [-0.2, -0.15) is 0 Å². The van der Waals surface area contributed by atoms with Gasteiger partial charge in [0.2, 0.25) is 0 Å². The van der Waals surface area contributed by atoms with E-state index >= 15 is 0 Å². The minimum atomic E-state index is -0.359. The third kappa shape index (κ3) is 4.22. The van der Waals surface area contributed by atoms with Crippen molar-refractivity contribution in [2.24, 2.45) is 5.41 Å². The van der Waals surface area contributed by atoms with Crippen LogP contribution in [-0.4, -0.2) is 34.3 Å². The van der Waals surface area contributed by atoms with Crippen LogP contribution in [0.15, 0.2) is 18.6 Å². The minimum Gasteiger partial charge on any atom is -0.396 e. The molecule has 1 aromatic heterocycles. The lowest BCUT2D eigenvalue weighted by Crippen LogP contribution is -2.38. The van der Waals surface area contributed by atoms with Gasteiger partial charge >= 0.3 is 6.03 Å². The van der Waals surface area contributed by atoms with Crippen molar-refractivity contribution in [1.82, 2.24) is 15.3 Å². The maximum Gasteiger partial charge on any atom is 0.320 e. The molecule has 0 aliphatic carbocycles. The minimum absolute atomic E-state index is 0.0123. The largest absolute Gasteiger partial charge is 0.396 e. The monoisotopic (exact) mass is 224 g/mol. The number of aliphatic hydroxyl groups excluding tert-OH is 1. The lowest BCUT2D eigenvalue weighted by molar-refractivity contribution is 0.158. The van der Waals surface area contributed by atoms with Gasteiger partial charge in [0.05, 0.1) is 6.20 Å². The summed E-state index contributed by atoms with van der Waals surface area (Å²) in [6.07, 6.45) is 4.47. The SMILES string of the molecule is CC(C)(CO)CNC(=O)Nc1cnccn1. The van der Waals surface area contributed by atoms with Crippen molar-refractivity contribution in [3.05, 3.63) is 18.6 Å². The Morgan fingerprint density at radius 1 is 1.50 bits per heavy atom. The molecule has 0 atom stereocenters. The second-order valence-electron chi connectivity index (χ2n) is 4.22. The molecule has 0 spiro atoms. The van der Waals surface area contributed by atoms with Crippen LogP contribution in [0.1, 0.15) is 13.8 Å². The quantitative estimate of drug-likeness (QED) is 0.699. The van der Waals surface area contributed by atoms with E-state index in [1.165, 1.54) is 18.6 Å². The molecule has 1 heterocycles. The smallest absolute Gasteiger partial charge is 0.320 e. The van der Waals surface area contributed by atoms with E-state index in [1.807, 2.05) is 13.8 Å². The summed E-state index contributed by atoms with van der Waals surface area (Å²) >= 11 is 0. The third-order valence-corrected chi connectivity index (χ3v) is 1.96. The van der Waals surface area contributed by atoms with Gasteiger partial charge in [-0.3, -0.25) is 10.3 Å². The Hall–Kier alpha value is -1.69. The van der Waals surface area contributed by atoms with E-state index in [0.29, 0.717) is 12.4 Å². The highest BCUT2D eigenvalue weighted by molar-refractivity contribution is 5.87. The fourth-order valence-electron chi connectivity index (χ4n) is 0.900. The Kier molecular flexibility index (Phi) is 4.19. The molecule has 0 aliphatic rings. The van der Waals surface area contributed by atoms with Gasteiger partial charge in [0.1, 0.15) is 0 Å². The number of hydrogen-bond donors (Lipinski definition) is 3. The van der Waals surface area contributed by atoms with Crippen LogP contribution in [0.5, 0.6) is 0 Å². The van der Waals surface area contributed by atoms with Gasteiger partial charge < -0.3 is 10.4 Å². The summed E-state index contributed by atoms with van der Waals surface area (Å²) in [5.41, 5.74) is -0.334. The van der Waals surface area contributed by atoms with Crippen LogP contribution in [0, 0.1) is 5.41 Å². The van der Waals surface area contributed by atoms with Crippen molar-refractivity contribution in [1.29, 1.82) is 0 Å². The van der Waals surface area contributed by atoms with Crippen molar-refractivity contribution in [2.75, 3.05) is 18.5 Å². The van der Waals surface area contributed by atoms with E-state index in [0.717, 1.165) is 0 Å². The number of amides is 2. The van der Waals surface area contributed by atoms with E-state index in [1.54, 1.807) is 0 Å². The summed E-state index contributed by atoms with van der Waals surface area (Å²) in [5, 5.41) is 14.2. The fourth-order valence-corrected chi connectivity index (χ4v) is 0.900. The third-order valence-electron chi connectivity index (χ3n) is 1.96. The molecule has 0 saturated heterocycles. The summed E-state index contributed by atoms with van der Waals surface area (Å²) in [7, 11) is 0. The van der Waals surface area contributed by atoms with Crippen LogP contribution >= 0.6 is 0 Å². The molecule has 0 aromatic carbocycles. The summed E-state index contributed by atoms with van der Waals surface area (Å²) < 4.78 is 0. The second-order valence-corrected chi connectivity index (χ2v) is 4.22. The van der Waals surface area contributed by atoms with Crippen LogP contribution < -0.4 is 10.6 Å². The maximum atomic E-state index is 11.4. The van der Waals surface area contributed by atoms with E-state index in [-0.39, 0.29) is 18.1 Å². The van der Waals surface area contributed by atoms with Gasteiger partial charge in [-0.05, 0) is 0 Å².